The summed E-state index contributed by atoms with van der Waals surface area (Å²) in [6.07, 6.45) is 5.71. The first kappa shape index (κ1) is 14.4. The summed E-state index contributed by atoms with van der Waals surface area (Å²) in [6, 6.07) is -1.39. The van der Waals surface area contributed by atoms with Crippen molar-refractivity contribution in [3.8, 4) is 0 Å². The van der Waals surface area contributed by atoms with E-state index >= 15 is 0 Å². The highest BCUT2D eigenvalue weighted by Gasteiger charge is 2.35. The molecule has 0 aromatic heterocycles. The Hall–Kier alpha value is -3.62. The molecular formula is C10HN5O5. The van der Waals surface area contributed by atoms with Gasteiger partial charge in [-0.25, -0.2) is 24.0 Å². The third-order valence-corrected chi connectivity index (χ3v) is 2.06. The molecule has 0 heterocycles. The van der Waals surface area contributed by atoms with Crippen molar-refractivity contribution in [1.82, 2.24) is 0 Å². The molecule has 0 aromatic rings. The van der Waals surface area contributed by atoms with Gasteiger partial charge >= 0.3 is 0 Å². The van der Waals surface area contributed by atoms with Gasteiger partial charge in [0.2, 0.25) is 30.4 Å². The molecule has 0 aliphatic heterocycles. The second-order valence-corrected chi connectivity index (χ2v) is 2.90. The van der Waals surface area contributed by atoms with E-state index in [-0.39, 0.29) is 11.4 Å². The SMILES string of the molecule is O=C=NC1=C(N=C=O)C(N=C=O)C(N=C=O)=C1N=C=O. The minimum absolute atomic E-state index is 0.366. The van der Waals surface area contributed by atoms with Crippen LogP contribution in [0.2, 0.25) is 0 Å². The molecule has 0 N–H and O–H groups in total. The van der Waals surface area contributed by atoms with Crippen LogP contribution in [-0.2, 0) is 24.0 Å². The number of hydrogen-bond donors (Lipinski definition) is 0. The summed E-state index contributed by atoms with van der Waals surface area (Å²) in [7, 11) is 0. The monoisotopic (exact) mass is 271 g/mol. The molecule has 10 heteroatoms. The average molecular weight is 271 g/mol. The van der Waals surface area contributed by atoms with Gasteiger partial charge in [0.05, 0.1) is 0 Å². The Morgan fingerprint density at radius 1 is 0.600 bits per heavy atom. The molecule has 96 valence electrons. The first-order chi connectivity index (χ1) is 9.74. The lowest BCUT2D eigenvalue weighted by Crippen LogP contribution is -2.06. The van der Waals surface area contributed by atoms with Crippen molar-refractivity contribution in [3.05, 3.63) is 22.8 Å². The van der Waals surface area contributed by atoms with Crippen LogP contribution in [0.1, 0.15) is 0 Å². The molecule has 0 saturated carbocycles. The maximum absolute atomic E-state index is 10.4. The summed E-state index contributed by atoms with van der Waals surface area (Å²) in [4.78, 5) is 67.7. The number of aliphatic imine (C=N–C) groups is 5. The van der Waals surface area contributed by atoms with Crippen LogP contribution in [0, 0.1) is 0 Å². The zero-order chi connectivity index (χ0) is 15.0. The molecule has 1 aliphatic carbocycles. The van der Waals surface area contributed by atoms with Gasteiger partial charge in [-0.15, -0.1) is 0 Å². The molecule has 1 rings (SSSR count). The molecule has 0 aromatic carbocycles. The molecule has 0 spiro atoms. The zero-order valence-corrected chi connectivity index (χ0v) is 9.35. The van der Waals surface area contributed by atoms with E-state index in [2.05, 4.69) is 25.0 Å². The standard InChI is InChI=1S/C10HN5O5/c16-1-11-6-7(12-2-17)9(14-4-19)10(15-5-20)8(6)13-3-18/h6H. The molecule has 1 aliphatic rings. The first-order valence-corrected chi connectivity index (χ1v) is 4.62. The van der Waals surface area contributed by atoms with Crippen molar-refractivity contribution in [2.75, 3.05) is 0 Å². The van der Waals surface area contributed by atoms with E-state index in [0.29, 0.717) is 0 Å². The minimum Gasteiger partial charge on any atom is -0.211 e. The minimum atomic E-state index is -1.39. The molecule has 0 fully saturated rings. The predicted octanol–water partition coefficient (Wildman–Crippen LogP) is -0.529. The normalized spacial score (nSPS) is 16.1. The van der Waals surface area contributed by atoms with Gasteiger partial charge in [0.1, 0.15) is 22.8 Å². The van der Waals surface area contributed by atoms with Gasteiger partial charge < -0.3 is 0 Å². The smallest absolute Gasteiger partial charge is 0.211 e. The Labute approximate surface area is 109 Å². The quantitative estimate of drug-likeness (QED) is 0.486. The van der Waals surface area contributed by atoms with Crippen LogP contribution in [-0.4, -0.2) is 36.4 Å². The summed E-state index contributed by atoms with van der Waals surface area (Å²) in [5.41, 5.74) is -1.56. The second kappa shape index (κ2) is 6.96. The Morgan fingerprint density at radius 3 is 1.30 bits per heavy atom. The van der Waals surface area contributed by atoms with E-state index in [4.69, 9.17) is 0 Å². The van der Waals surface area contributed by atoms with Crippen LogP contribution in [0.25, 0.3) is 0 Å². The fourth-order valence-electron chi connectivity index (χ4n) is 1.44. The van der Waals surface area contributed by atoms with Crippen molar-refractivity contribution in [1.29, 1.82) is 0 Å². The van der Waals surface area contributed by atoms with Gasteiger partial charge in [-0.05, 0) is 0 Å². The predicted molar refractivity (Wildman–Crippen MR) is 58.4 cm³/mol. The summed E-state index contributed by atoms with van der Waals surface area (Å²) >= 11 is 0. The molecule has 0 atom stereocenters. The highest BCUT2D eigenvalue weighted by Crippen LogP contribution is 2.37. The lowest BCUT2D eigenvalue weighted by Gasteiger charge is -2.01. The molecule has 10 nitrogen and oxygen atoms in total. The van der Waals surface area contributed by atoms with E-state index in [9.17, 15) is 24.0 Å². The molecule has 0 amide bonds. The van der Waals surface area contributed by atoms with Crippen LogP contribution in [0.15, 0.2) is 47.8 Å². The number of hydrogen-bond acceptors (Lipinski definition) is 10. The molecule has 0 bridgehead atoms. The van der Waals surface area contributed by atoms with Crippen molar-refractivity contribution in [2.24, 2.45) is 25.0 Å². The molecule has 0 radical (unpaired) electrons. The van der Waals surface area contributed by atoms with E-state index < -0.39 is 17.4 Å². The van der Waals surface area contributed by atoms with Crippen molar-refractivity contribution < 1.29 is 24.0 Å². The van der Waals surface area contributed by atoms with Crippen LogP contribution < -0.4 is 0 Å². The maximum atomic E-state index is 10.4. The summed E-state index contributed by atoms with van der Waals surface area (Å²) in [6.45, 7) is 0. The van der Waals surface area contributed by atoms with Crippen molar-refractivity contribution in [3.63, 3.8) is 0 Å². The second-order valence-electron chi connectivity index (χ2n) is 2.90. The van der Waals surface area contributed by atoms with E-state index in [0.717, 1.165) is 30.4 Å². The largest absolute Gasteiger partial charge is 0.240 e. The van der Waals surface area contributed by atoms with Gasteiger partial charge in [0.15, 0.2) is 6.04 Å². The van der Waals surface area contributed by atoms with E-state index in [1.165, 1.54) is 0 Å². The molecule has 0 saturated heterocycles. The molecule has 20 heavy (non-hydrogen) atoms. The van der Waals surface area contributed by atoms with Crippen LogP contribution in [0.5, 0.6) is 0 Å². The number of isocyanates is 5. The topological polar surface area (TPSA) is 147 Å². The summed E-state index contributed by atoms with van der Waals surface area (Å²) in [5, 5.41) is 0. The lowest BCUT2D eigenvalue weighted by atomic mass is 10.2. The molecular weight excluding hydrogens is 270 g/mol. The van der Waals surface area contributed by atoms with Crippen molar-refractivity contribution in [2.45, 2.75) is 6.04 Å². The summed E-state index contributed by atoms with van der Waals surface area (Å²) in [5.74, 6) is 0. The highest BCUT2D eigenvalue weighted by atomic mass is 16.1. The van der Waals surface area contributed by atoms with Gasteiger partial charge in [0.25, 0.3) is 0 Å². The van der Waals surface area contributed by atoms with Crippen LogP contribution >= 0.6 is 0 Å². The maximum Gasteiger partial charge on any atom is 0.240 e. The van der Waals surface area contributed by atoms with Gasteiger partial charge in [-0.3, -0.25) is 0 Å². The number of rotatable bonds is 5. The van der Waals surface area contributed by atoms with Crippen LogP contribution in [0.4, 0.5) is 0 Å². The average Bonchev–Trinajstić information content (AvgIpc) is 2.68. The summed E-state index contributed by atoms with van der Waals surface area (Å²) < 4.78 is 0. The Morgan fingerprint density at radius 2 is 1.00 bits per heavy atom. The van der Waals surface area contributed by atoms with Crippen LogP contribution in [0.3, 0.4) is 0 Å². The van der Waals surface area contributed by atoms with Crippen molar-refractivity contribution >= 4 is 30.4 Å². The Kier molecular flexibility index (Phi) is 5.02. The first-order valence-electron chi connectivity index (χ1n) is 4.62. The fourth-order valence-corrected chi connectivity index (χ4v) is 1.44. The zero-order valence-electron chi connectivity index (χ0n) is 9.35. The van der Waals surface area contributed by atoms with Gasteiger partial charge in [0, 0.05) is 0 Å². The fraction of sp³-hybridized carbons (Fsp3) is 0.100. The Balaban J connectivity index is 3.81. The van der Waals surface area contributed by atoms with E-state index in [1.807, 2.05) is 0 Å². The number of carbonyl (C=O) groups excluding carboxylic acids is 5. The highest BCUT2D eigenvalue weighted by molar-refractivity contribution is 5.61. The third-order valence-electron chi connectivity index (χ3n) is 2.06. The van der Waals surface area contributed by atoms with E-state index in [1.54, 1.807) is 0 Å². The van der Waals surface area contributed by atoms with Gasteiger partial charge in [-0.1, -0.05) is 0 Å². The Bertz CT molecular complexity index is 691. The molecule has 0 unspecified atom stereocenters. The number of nitrogens with zero attached hydrogens (tertiary/aromatic N) is 5. The lowest BCUT2D eigenvalue weighted by molar-refractivity contribution is 0.558. The third kappa shape index (κ3) is 2.61. The van der Waals surface area contributed by atoms with Gasteiger partial charge in [-0.2, -0.15) is 25.0 Å².